The fraction of sp³-hybridized carbons (Fsp3) is 0.231. The Kier molecular flexibility index (Phi) is 2.95. The summed E-state index contributed by atoms with van der Waals surface area (Å²) < 4.78 is 18.6. The SMILES string of the molecule is C/C=C\C1=C(C)OCc2cc(F)ccc2N1. The number of ether oxygens (including phenoxy) is 1. The van der Waals surface area contributed by atoms with Crippen LogP contribution < -0.4 is 5.32 Å². The quantitative estimate of drug-likeness (QED) is 0.779. The van der Waals surface area contributed by atoms with Crippen molar-refractivity contribution in [3.63, 3.8) is 0 Å². The number of allylic oxidation sites excluding steroid dienone is 3. The van der Waals surface area contributed by atoms with Gasteiger partial charge in [-0.25, -0.2) is 4.39 Å². The minimum absolute atomic E-state index is 0.240. The van der Waals surface area contributed by atoms with Crippen LogP contribution in [0.3, 0.4) is 0 Å². The fourth-order valence-electron chi connectivity index (χ4n) is 1.63. The molecular weight excluding hydrogens is 205 g/mol. The minimum Gasteiger partial charge on any atom is -0.491 e. The van der Waals surface area contributed by atoms with E-state index < -0.39 is 0 Å². The Bertz CT molecular complexity index is 463. The number of benzene rings is 1. The molecule has 0 unspecified atom stereocenters. The summed E-state index contributed by atoms with van der Waals surface area (Å²) in [5, 5.41) is 3.24. The molecule has 1 aliphatic heterocycles. The van der Waals surface area contributed by atoms with Crippen LogP contribution in [0.4, 0.5) is 10.1 Å². The Hall–Kier alpha value is -1.77. The Balaban J connectivity index is 2.38. The van der Waals surface area contributed by atoms with Crippen LogP contribution in [0.1, 0.15) is 19.4 Å². The summed E-state index contributed by atoms with van der Waals surface area (Å²) in [7, 11) is 0. The standard InChI is InChI=1S/C13H14FNO/c1-3-4-12-9(2)16-8-10-7-11(14)5-6-13(10)15-12/h3-7,15H,8H2,1-2H3/b4-3-. The molecule has 0 aliphatic carbocycles. The maximum absolute atomic E-state index is 13.1. The average Bonchev–Trinajstić information content (AvgIpc) is 2.41. The van der Waals surface area contributed by atoms with Gasteiger partial charge in [0, 0.05) is 11.3 Å². The van der Waals surface area contributed by atoms with Crippen LogP contribution in [-0.4, -0.2) is 0 Å². The van der Waals surface area contributed by atoms with Crippen molar-refractivity contribution >= 4 is 5.69 Å². The van der Waals surface area contributed by atoms with Gasteiger partial charge in [0.2, 0.25) is 0 Å². The molecular formula is C13H14FNO. The number of fused-ring (bicyclic) bond motifs is 1. The number of hydrogen-bond acceptors (Lipinski definition) is 2. The van der Waals surface area contributed by atoms with Gasteiger partial charge in [0.1, 0.15) is 18.2 Å². The van der Waals surface area contributed by atoms with E-state index in [1.807, 2.05) is 26.0 Å². The van der Waals surface area contributed by atoms with Crippen LogP contribution in [-0.2, 0) is 11.3 Å². The van der Waals surface area contributed by atoms with E-state index in [0.29, 0.717) is 6.61 Å². The van der Waals surface area contributed by atoms with E-state index >= 15 is 0 Å². The molecule has 0 saturated carbocycles. The summed E-state index contributed by atoms with van der Waals surface area (Å²) in [4.78, 5) is 0. The molecule has 0 fully saturated rings. The van der Waals surface area contributed by atoms with Gasteiger partial charge in [0.25, 0.3) is 0 Å². The molecule has 0 saturated heterocycles. The van der Waals surface area contributed by atoms with Gasteiger partial charge in [-0.3, -0.25) is 0 Å². The number of halogens is 1. The third-order valence-electron chi connectivity index (χ3n) is 2.49. The fourth-order valence-corrected chi connectivity index (χ4v) is 1.63. The highest BCUT2D eigenvalue weighted by Crippen LogP contribution is 2.25. The topological polar surface area (TPSA) is 21.3 Å². The van der Waals surface area contributed by atoms with Crippen LogP contribution in [0, 0.1) is 5.82 Å². The molecule has 0 atom stereocenters. The molecule has 1 aliphatic rings. The molecule has 84 valence electrons. The zero-order valence-corrected chi connectivity index (χ0v) is 9.38. The summed E-state index contributed by atoms with van der Waals surface area (Å²) in [6, 6.07) is 4.67. The summed E-state index contributed by atoms with van der Waals surface area (Å²) in [5.74, 6) is 0.575. The second-order valence-electron chi connectivity index (χ2n) is 3.69. The first-order valence-electron chi connectivity index (χ1n) is 5.22. The molecule has 0 bridgehead atoms. The minimum atomic E-state index is -0.240. The Labute approximate surface area is 94.4 Å². The smallest absolute Gasteiger partial charge is 0.123 e. The van der Waals surface area contributed by atoms with Gasteiger partial charge in [0.05, 0.1) is 5.70 Å². The Morgan fingerprint density at radius 1 is 1.44 bits per heavy atom. The van der Waals surface area contributed by atoms with Crippen LogP contribution in [0.2, 0.25) is 0 Å². The van der Waals surface area contributed by atoms with E-state index in [0.717, 1.165) is 22.7 Å². The first-order valence-corrected chi connectivity index (χ1v) is 5.22. The van der Waals surface area contributed by atoms with Crippen LogP contribution >= 0.6 is 0 Å². The summed E-state index contributed by atoms with van der Waals surface area (Å²) in [6.07, 6.45) is 3.87. The molecule has 2 rings (SSSR count). The number of nitrogens with one attached hydrogen (secondary N) is 1. The maximum Gasteiger partial charge on any atom is 0.123 e. The Morgan fingerprint density at radius 2 is 2.25 bits per heavy atom. The molecule has 3 heteroatoms. The van der Waals surface area contributed by atoms with Gasteiger partial charge < -0.3 is 10.1 Å². The van der Waals surface area contributed by atoms with Gasteiger partial charge >= 0.3 is 0 Å². The predicted molar refractivity (Wildman–Crippen MR) is 62.3 cm³/mol. The molecule has 0 aromatic heterocycles. The van der Waals surface area contributed by atoms with Gasteiger partial charge in [0.15, 0.2) is 0 Å². The third-order valence-corrected chi connectivity index (χ3v) is 2.49. The second kappa shape index (κ2) is 4.39. The van der Waals surface area contributed by atoms with Crippen LogP contribution in [0.5, 0.6) is 0 Å². The molecule has 2 nitrogen and oxygen atoms in total. The summed E-state index contributed by atoms with van der Waals surface area (Å²) in [6.45, 7) is 4.23. The maximum atomic E-state index is 13.1. The first kappa shape index (κ1) is 10.7. The normalized spacial score (nSPS) is 15.4. The van der Waals surface area contributed by atoms with E-state index in [9.17, 15) is 4.39 Å². The average molecular weight is 219 g/mol. The van der Waals surface area contributed by atoms with Crippen molar-refractivity contribution in [2.45, 2.75) is 20.5 Å². The van der Waals surface area contributed by atoms with Gasteiger partial charge in [-0.15, -0.1) is 0 Å². The second-order valence-corrected chi connectivity index (χ2v) is 3.69. The Morgan fingerprint density at radius 3 is 3.00 bits per heavy atom. The predicted octanol–water partition coefficient (Wildman–Crippen LogP) is 3.58. The highest BCUT2D eigenvalue weighted by molar-refractivity contribution is 5.58. The van der Waals surface area contributed by atoms with Crippen molar-refractivity contribution in [1.82, 2.24) is 0 Å². The number of rotatable bonds is 1. The largest absolute Gasteiger partial charge is 0.491 e. The monoisotopic (exact) mass is 219 g/mol. The zero-order valence-electron chi connectivity index (χ0n) is 9.38. The summed E-state index contributed by atoms with van der Waals surface area (Å²) >= 11 is 0. The van der Waals surface area contributed by atoms with Crippen molar-refractivity contribution in [2.75, 3.05) is 5.32 Å². The van der Waals surface area contributed by atoms with Gasteiger partial charge in [-0.2, -0.15) is 0 Å². The molecule has 16 heavy (non-hydrogen) atoms. The van der Waals surface area contributed by atoms with Gasteiger partial charge in [-0.1, -0.05) is 6.08 Å². The lowest BCUT2D eigenvalue weighted by Gasteiger charge is -2.07. The molecule has 0 radical (unpaired) electrons. The third kappa shape index (κ3) is 2.08. The zero-order chi connectivity index (χ0) is 11.5. The molecule has 1 aromatic rings. The molecule has 1 heterocycles. The van der Waals surface area contributed by atoms with E-state index in [2.05, 4.69) is 5.32 Å². The lowest BCUT2D eigenvalue weighted by Crippen LogP contribution is -1.99. The van der Waals surface area contributed by atoms with E-state index in [-0.39, 0.29) is 5.82 Å². The van der Waals surface area contributed by atoms with Crippen molar-refractivity contribution in [2.24, 2.45) is 0 Å². The highest BCUT2D eigenvalue weighted by Gasteiger charge is 2.12. The van der Waals surface area contributed by atoms with Crippen molar-refractivity contribution in [3.05, 3.63) is 53.2 Å². The molecule has 0 amide bonds. The van der Waals surface area contributed by atoms with Crippen molar-refractivity contribution < 1.29 is 9.13 Å². The number of hydrogen-bond donors (Lipinski definition) is 1. The van der Waals surface area contributed by atoms with Crippen LogP contribution in [0.15, 0.2) is 41.8 Å². The first-order chi connectivity index (χ1) is 7.70. The molecule has 1 N–H and O–H groups in total. The molecule has 0 spiro atoms. The van der Waals surface area contributed by atoms with E-state index in [1.54, 1.807) is 6.07 Å². The molecule has 1 aromatic carbocycles. The van der Waals surface area contributed by atoms with Gasteiger partial charge in [-0.05, 0) is 38.1 Å². The van der Waals surface area contributed by atoms with Crippen LogP contribution in [0.25, 0.3) is 0 Å². The highest BCUT2D eigenvalue weighted by atomic mass is 19.1. The lowest BCUT2D eigenvalue weighted by atomic mass is 10.2. The van der Waals surface area contributed by atoms with Crippen molar-refractivity contribution in [1.29, 1.82) is 0 Å². The number of anilines is 1. The van der Waals surface area contributed by atoms with E-state index in [1.165, 1.54) is 12.1 Å². The van der Waals surface area contributed by atoms with E-state index in [4.69, 9.17) is 4.74 Å². The summed E-state index contributed by atoms with van der Waals surface area (Å²) in [5.41, 5.74) is 2.64. The van der Waals surface area contributed by atoms with Crippen molar-refractivity contribution in [3.8, 4) is 0 Å². The lowest BCUT2D eigenvalue weighted by molar-refractivity contribution is 0.201.